The Morgan fingerprint density at radius 2 is 1.92 bits per heavy atom. The molecule has 2 atom stereocenters. The third-order valence-electron chi connectivity index (χ3n) is 5.35. The van der Waals surface area contributed by atoms with Crippen molar-refractivity contribution in [2.45, 2.75) is 46.1 Å². The van der Waals surface area contributed by atoms with Crippen LogP contribution in [0.5, 0.6) is 0 Å². The first-order valence-electron chi connectivity index (χ1n) is 9.06. The number of hydrogen-bond acceptors (Lipinski definition) is 3. The van der Waals surface area contributed by atoms with Crippen LogP contribution >= 0.6 is 15.9 Å². The van der Waals surface area contributed by atoms with Crippen LogP contribution in [0.1, 0.15) is 45.6 Å². The monoisotopic (exact) mass is 419 g/mol. The highest BCUT2D eigenvalue weighted by Crippen LogP contribution is 2.52. The van der Waals surface area contributed by atoms with Crippen molar-refractivity contribution in [3.8, 4) is 0 Å². The number of halogens is 1. The molecule has 1 aromatic rings. The molecule has 0 spiro atoms. The van der Waals surface area contributed by atoms with Gasteiger partial charge in [-0.05, 0) is 53.9 Å². The molecule has 0 aromatic heterocycles. The van der Waals surface area contributed by atoms with Crippen LogP contribution in [-0.4, -0.2) is 36.0 Å². The number of carbonyl (C=O) groups excluding carboxylic acids is 2. The van der Waals surface area contributed by atoms with Crippen LogP contribution in [0.2, 0.25) is 0 Å². The van der Waals surface area contributed by atoms with Crippen molar-refractivity contribution in [3.05, 3.63) is 40.4 Å². The standard InChI is InChI=1S/C21H26BrNO3/c1-20(2)10-17-11-21(3,13-20)14-23(17)18(24)12-26-19(25)9-6-15-4-7-16(22)8-5-15/h4-9,17H,10-14H2,1-3H3/b9-6+/t17-,21-/m1/s1. The van der Waals surface area contributed by atoms with Crippen molar-refractivity contribution in [1.82, 2.24) is 4.90 Å². The predicted molar refractivity (Wildman–Crippen MR) is 105 cm³/mol. The average molecular weight is 420 g/mol. The van der Waals surface area contributed by atoms with Gasteiger partial charge in [0.2, 0.25) is 0 Å². The van der Waals surface area contributed by atoms with Gasteiger partial charge in [-0.15, -0.1) is 0 Å². The van der Waals surface area contributed by atoms with Crippen molar-refractivity contribution < 1.29 is 14.3 Å². The minimum absolute atomic E-state index is 0.0817. The summed E-state index contributed by atoms with van der Waals surface area (Å²) in [5.41, 5.74) is 1.35. The molecular weight excluding hydrogens is 394 g/mol. The van der Waals surface area contributed by atoms with Crippen molar-refractivity contribution in [2.24, 2.45) is 10.8 Å². The number of carbonyl (C=O) groups is 2. The third kappa shape index (κ3) is 4.56. The normalized spacial score (nSPS) is 26.9. The van der Waals surface area contributed by atoms with E-state index in [4.69, 9.17) is 4.74 Å². The first kappa shape index (κ1) is 19.2. The van der Waals surface area contributed by atoms with Gasteiger partial charge in [-0.25, -0.2) is 4.79 Å². The molecule has 1 saturated heterocycles. The van der Waals surface area contributed by atoms with E-state index in [0.29, 0.717) is 0 Å². The summed E-state index contributed by atoms with van der Waals surface area (Å²) in [6, 6.07) is 7.87. The molecule has 3 rings (SSSR count). The second-order valence-corrected chi connectivity index (χ2v) is 9.64. The molecule has 0 unspecified atom stereocenters. The SMILES string of the molecule is CC1(C)C[C@@H]2C[C@@](C)(CN2C(=O)COC(=O)/C=C/c2ccc(Br)cc2)C1. The van der Waals surface area contributed by atoms with Gasteiger partial charge in [-0.3, -0.25) is 4.79 Å². The molecule has 1 aliphatic heterocycles. The smallest absolute Gasteiger partial charge is 0.331 e. The molecule has 26 heavy (non-hydrogen) atoms. The molecule has 140 valence electrons. The molecule has 2 fully saturated rings. The molecule has 0 N–H and O–H groups in total. The lowest BCUT2D eigenvalue weighted by Gasteiger charge is -2.39. The van der Waals surface area contributed by atoms with Gasteiger partial charge < -0.3 is 9.64 Å². The van der Waals surface area contributed by atoms with Crippen LogP contribution in [0.3, 0.4) is 0 Å². The number of ether oxygens (including phenoxy) is 1. The number of nitrogens with zero attached hydrogens (tertiary/aromatic N) is 1. The van der Waals surface area contributed by atoms with Gasteiger partial charge in [0.05, 0.1) is 0 Å². The Morgan fingerprint density at radius 1 is 1.23 bits per heavy atom. The summed E-state index contributed by atoms with van der Waals surface area (Å²) in [5, 5.41) is 0. The second kappa shape index (κ2) is 7.18. The molecule has 1 amide bonds. The largest absolute Gasteiger partial charge is 0.452 e. The zero-order chi connectivity index (χ0) is 18.9. The zero-order valence-corrected chi connectivity index (χ0v) is 17.2. The van der Waals surface area contributed by atoms with Crippen molar-refractivity contribution in [1.29, 1.82) is 0 Å². The highest BCUT2D eigenvalue weighted by molar-refractivity contribution is 9.10. The molecule has 2 bridgehead atoms. The average Bonchev–Trinajstić information content (AvgIpc) is 2.81. The summed E-state index contributed by atoms with van der Waals surface area (Å²) in [7, 11) is 0. The van der Waals surface area contributed by atoms with Crippen LogP contribution in [0.4, 0.5) is 0 Å². The van der Waals surface area contributed by atoms with Crippen LogP contribution in [0.25, 0.3) is 6.08 Å². The minimum atomic E-state index is -0.491. The summed E-state index contributed by atoms with van der Waals surface area (Å²) >= 11 is 3.37. The molecular formula is C21H26BrNO3. The Morgan fingerprint density at radius 3 is 2.62 bits per heavy atom. The Bertz CT molecular complexity index is 725. The minimum Gasteiger partial charge on any atom is -0.452 e. The van der Waals surface area contributed by atoms with E-state index in [1.807, 2.05) is 29.2 Å². The van der Waals surface area contributed by atoms with Gasteiger partial charge >= 0.3 is 5.97 Å². The van der Waals surface area contributed by atoms with E-state index in [2.05, 4.69) is 36.7 Å². The van der Waals surface area contributed by atoms with Gasteiger partial charge in [0.25, 0.3) is 5.91 Å². The van der Waals surface area contributed by atoms with Crippen molar-refractivity contribution >= 4 is 33.9 Å². The van der Waals surface area contributed by atoms with E-state index < -0.39 is 5.97 Å². The van der Waals surface area contributed by atoms with Crippen molar-refractivity contribution in [2.75, 3.05) is 13.2 Å². The first-order chi connectivity index (χ1) is 12.2. The maximum atomic E-state index is 12.6. The Labute approximate surface area is 163 Å². The molecule has 1 heterocycles. The van der Waals surface area contributed by atoms with Crippen LogP contribution in [0, 0.1) is 10.8 Å². The number of likely N-dealkylation sites (tertiary alicyclic amines) is 1. The quantitative estimate of drug-likeness (QED) is 0.535. The Kier molecular flexibility index (Phi) is 5.29. The first-order valence-corrected chi connectivity index (χ1v) is 9.85. The maximum absolute atomic E-state index is 12.6. The molecule has 4 nitrogen and oxygen atoms in total. The van der Waals surface area contributed by atoms with Gasteiger partial charge in [0.1, 0.15) is 0 Å². The summed E-state index contributed by atoms with van der Waals surface area (Å²) in [4.78, 5) is 26.4. The number of fused-ring (bicyclic) bond motifs is 2. The molecule has 1 aliphatic carbocycles. The number of rotatable bonds is 4. The van der Waals surface area contributed by atoms with Gasteiger partial charge in [0.15, 0.2) is 6.61 Å². The third-order valence-corrected chi connectivity index (χ3v) is 5.88. The van der Waals surface area contributed by atoms with Crippen LogP contribution in [-0.2, 0) is 14.3 Å². The van der Waals surface area contributed by atoms with Gasteiger partial charge in [0, 0.05) is 23.1 Å². The number of esters is 1. The van der Waals surface area contributed by atoms with Gasteiger partial charge in [-0.1, -0.05) is 48.8 Å². The molecule has 1 aromatic carbocycles. The number of amides is 1. The van der Waals surface area contributed by atoms with E-state index in [-0.39, 0.29) is 29.4 Å². The predicted octanol–water partition coefficient (Wildman–Crippen LogP) is 4.43. The van der Waals surface area contributed by atoms with E-state index >= 15 is 0 Å². The fraction of sp³-hybridized carbons (Fsp3) is 0.524. The van der Waals surface area contributed by atoms with E-state index in [0.717, 1.165) is 35.8 Å². The lowest BCUT2D eigenvalue weighted by molar-refractivity contribution is -0.148. The molecule has 5 heteroatoms. The topological polar surface area (TPSA) is 46.6 Å². The molecule has 1 saturated carbocycles. The summed E-state index contributed by atoms with van der Waals surface area (Å²) in [6.45, 7) is 7.40. The second-order valence-electron chi connectivity index (χ2n) is 8.73. The number of hydrogen-bond donors (Lipinski definition) is 0. The lowest BCUT2D eigenvalue weighted by Crippen LogP contribution is -2.39. The van der Waals surface area contributed by atoms with Crippen LogP contribution in [0.15, 0.2) is 34.8 Å². The van der Waals surface area contributed by atoms with Crippen molar-refractivity contribution in [3.63, 3.8) is 0 Å². The van der Waals surface area contributed by atoms with Gasteiger partial charge in [-0.2, -0.15) is 0 Å². The summed E-state index contributed by atoms with van der Waals surface area (Å²) < 4.78 is 6.15. The van der Waals surface area contributed by atoms with E-state index in [1.165, 1.54) is 6.08 Å². The summed E-state index contributed by atoms with van der Waals surface area (Å²) in [6.07, 6.45) is 6.26. The van der Waals surface area contributed by atoms with Crippen LogP contribution < -0.4 is 0 Å². The fourth-order valence-electron chi connectivity index (χ4n) is 4.75. The lowest BCUT2D eigenvalue weighted by atomic mass is 9.65. The fourth-order valence-corrected chi connectivity index (χ4v) is 5.02. The summed E-state index contributed by atoms with van der Waals surface area (Å²) in [5.74, 6) is -0.572. The van der Waals surface area contributed by atoms with E-state index in [9.17, 15) is 9.59 Å². The molecule has 0 radical (unpaired) electrons. The maximum Gasteiger partial charge on any atom is 0.331 e. The number of benzene rings is 1. The zero-order valence-electron chi connectivity index (χ0n) is 15.6. The molecule has 2 aliphatic rings. The highest BCUT2D eigenvalue weighted by Gasteiger charge is 2.50. The Balaban J connectivity index is 1.52. The van der Waals surface area contributed by atoms with E-state index in [1.54, 1.807) is 6.08 Å². The highest BCUT2D eigenvalue weighted by atomic mass is 79.9. The Hall–Kier alpha value is -1.62.